The first-order valence-corrected chi connectivity index (χ1v) is 9.88. The molecule has 0 N–H and O–H groups in total. The Morgan fingerprint density at radius 2 is 2.11 bits per heavy atom. The zero-order valence-electron chi connectivity index (χ0n) is 15.3. The number of methoxy groups -OCH3 is 2. The maximum atomic E-state index is 13.2. The van der Waals surface area contributed by atoms with E-state index in [0.29, 0.717) is 29.7 Å². The number of hydrogen-bond donors (Lipinski definition) is 0. The molecule has 2 aromatic rings. The first-order chi connectivity index (χ1) is 13.1. The largest absolute Gasteiger partial charge is 0.497 e. The molecule has 1 amide bonds. The molecule has 0 spiro atoms. The Kier molecular flexibility index (Phi) is 4.82. The van der Waals surface area contributed by atoms with Gasteiger partial charge in [-0.25, -0.2) is 4.98 Å². The van der Waals surface area contributed by atoms with Crippen LogP contribution in [-0.2, 0) is 6.54 Å². The van der Waals surface area contributed by atoms with Crippen molar-refractivity contribution >= 4 is 17.7 Å². The molecule has 0 aliphatic carbocycles. The number of benzene rings is 1. The highest BCUT2D eigenvalue weighted by molar-refractivity contribution is 7.99. The quantitative estimate of drug-likeness (QED) is 0.750. The number of aromatic nitrogens is 2. The zero-order valence-corrected chi connectivity index (χ0v) is 16.1. The minimum atomic E-state index is -0.271. The molecule has 1 fully saturated rings. The maximum absolute atomic E-state index is 13.2. The molecule has 7 nitrogen and oxygen atoms in total. The van der Waals surface area contributed by atoms with Gasteiger partial charge in [-0.05, 0) is 31.0 Å². The monoisotopic (exact) mass is 387 g/mol. The number of rotatable bonds is 4. The van der Waals surface area contributed by atoms with Gasteiger partial charge in [0.05, 0.1) is 20.3 Å². The van der Waals surface area contributed by atoms with E-state index in [9.17, 15) is 9.59 Å². The van der Waals surface area contributed by atoms with Crippen LogP contribution in [-0.4, -0.2) is 46.9 Å². The van der Waals surface area contributed by atoms with E-state index in [4.69, 9.17) is 9.47 Å². The smallest absolute Gasteiger partial charge is 0.267 e. The van der Waals surface area contributed by atoms with Crippen LogP contribution in [0.3, 0.4) is 0 Å². The van der Waals surface area contributed by atoms with Crippen LogP contribution >= 0.6 is 11.8 Å². The van der Waals surface area contributed by atoms with Crippen molar-refractivity contribution in [2.75, 3.05) is 26.5 Å². The molecule has 3 heterocycles. The molecule has 27 heavy (non-hydrogen) atoms. The Morgan fingerprint density at radius 3 is 2.89 bits per heavy atom. The van der Waals surface area contributed by atoms with Gasteiger partial charge in [0.15, 0.2) is 5.16 Å². The number of amides is 1. The summed E-state index contributed by atoms with van der Waals surface area (Å²) >= 11 is 1.54. The number of carbonyl (C=O) groups excluding carboxylic acids is 1. The Hall–Kier alpha value is -2.48. The van der Waals surface area contributed by atoms with Gasteiger partial charge in [-0.1, -0.05) is 11.8 Å². The first kappa shape index (κ1) is 17.9. The van der Waals surface area contributed by atoms with Gasteiger partial charge in [-0.15, -0.1) is 0 Å². The lowest BCUT2D eigenvalue weighted by Gasteiger charge is -2.26. The van der Waals surface area contributed by atoms with Crippen LogP contribution in [0.15, 0.2) is 34.3 Å². The highest BCUT2D eigenvalue weighted by atomic mass is 32.2. The third kappa shape index (κ3) is 3.07. The van der Waals surface area contributed by atoms with E-state index in [0.717, 1.165) is 24.2 Å². The summed E-state index contributed by atoms with van der Waals surface area (Å²) in [4.78, 5) is 32.0. The number of ether oxygens (including phenoxy) is 2. The fourth-order valence-electron chi connectivity index (χ4n) is 3.75. The maximum Gasteiger partial charge on any atom is 0.267 e. The second-order valence-corrected chi connectivity index (χ2v) is 7.59. The summed E-state index contributed by atoms with van der Waals surface area (Å²) in [5, 5.41) is 0.684. The van der Waals surface area contributed by atoms with Crippen molar-refractivity contribution in [3.8, 4) is 11.5 Å². The number of carbonyl (C=O) groups is 1. The lowest BCUT2D eigenvalue weighted by Crippen LogP contribution is -2.36. The molecular weight excluding hydrogens is 366 g/mol. The fourth-order valence-corrected chi connectivity index (χ4v) is 4.67. The third-order valence-corrected chi connectivity index (χ3v) is 6.07. The van der Waals surface area contributed by atoms with Crippen LogP contribution in [0.25, 0.3) is 0 Å². The van der Waals surface area contributed by atoms with Crippen molar-refractivity contribution in [1.29, 1.82) is 0 Å². The number of thioether (sulfide) groups is 1. The van der Waals surface area contributed by atoms with Crippen molar-refractivity contribution in [2.45, 2.75) is 30.6 Å². The molecule has 1 atom stereocenters. The van der Waals surface area contributed by atoms with Crippen molar-refractivity contribution in [1.82, 2.24) is 14.5 Å². The van der Waals surface area contributed by atoms with Gasteiger partial charge in [-0.3, -0.25) is 14.2 Å². The van der Waals surface area contributed by atoms with Crippen LogP contribution in [0.2, 0.25) is 0 Å². The second kappa shape index (κ2) is 7.26. The topological polar surface area (TPSA) is 73.7 Å². The zero-order chi connectivity index (χ0) is 19.0. The van der Waals surface area contributed by atoms with E-state index in [1.54, 1.807) is 23.7 Å². The normalized spacial score (nSPS) is 18.4. The van der Waals surface area contributed by atoms with E-state index in [2.05, 4.69) is 4.98 Å². The minimum absolute atomic E-state index is 0.134. The molecule has 1 aromatic carbocycles. The molecule has 1 saturated heterocycles. The van der Waals surface area contributed by atoms with Gasteiger partial charge >= 0.3 is 0 Å². The Labute approximate surface area is 161 Å². The van der Waals surface area contributed by atoms with Crippen molar-refractivity contribution in [2.24, 2.45) is 0 Å². The van der Waals surface area contributed by atoms with E-state index >= 15 is 0 Å². The average molecular weight is 387 g/mol. The number of fused-ring (bicyclic) bond motifs is 1. The molecule has 2 aliphatic heterocycles. The molecule has 4 rings (SSSR count). The highest BCUT2D eigenvalue weighted by Gasteiger charge is 2.34. The summed E-state index contributed by atoms with van der Waals surface area (Å²) in [7, 11) is 3.22. The predicted octanol–water partition coefficient (Wildman–Crippen LogP) is 2.34. The molecule has 2 aliphatic rings. The van der Waals surface area contributed by atoms with Gasteiger partial charge < -0.3 is 14.4 Å². The van der Waals surface area contributed by atoms with Crippen LogP contribution in [0.4, 0.5) is 0 Å². The number of likely N-dealkylation sites (tertiary alicyclic amines) is 1. The minimum Gasteiger partial charge on any atom is -0.497 e. The molecule has 8 heteroatoms. The van der Waals surface area contributed by atoms with E-state index in [-0.39, 0.29) is 23.1 Å². The van der Waals surface area contributed by atoms with Crippen LogP contribution in [0.5, 0.6) is 11.5 Å². The average Bonchev–Trinajstić information content (AvgIpc) is 3.37. The molecule has 0 radical (unpaired) electrons. The van der Waals surface area contributed by atoms with Gasteiger partial charge in [0.25, 0.3) is 11.5 Å². The van der Waals surface area contributed by atoms with Crippen LogP contribution in [0, 0.1) is 0 Å². The summed E-state index contributed by atoms with van der Waals surface area (Å²) in [5.41, 5.74) is 0.778. The van der Waals surface area contributed by atoms with Gasteiger partial charge in [0, 0.05) is 30.6 Å². The van der Waals surface area contributed by atoms with E-state index < -0.39 is 0 Å². The van der Waals surface area contributed by atoms with Gasteiger partial charge in [0.2, 0.25) is 0 Å². The molecule has 0 unspecified atom stereocenters. The molecule has 142 valence electrons. The van der Waals surface area contributed by atoms with E-state index in [1.165, 1.54) is 18.0 Å². The van der Waals surface area contributed by atoms with Crippen molar-refractivity contribution in [3.63, 3.8) is 0 Å². The van der Waals surface area contributed by atoms with Crippen LogP contribution < -0.4 is 15.0 Å². The molecule has 0 saturated carbocycles. The molecule has 1 aromatic heterocycles. The Bertz CT molecular complexity index is 943. The summed E-state index contributed by atoms with van der Waals surface area (Å²) in [6, 6.07) is 5.42. The van der Waals surface area contributed by atoms with E-state index in [1.807, 2.05) is 18.2 Å². The predicted molar refractivity (Wildman–Crippen MR) is 102 cm³/mol. The molecular formula is C19H21N3O4S. The standard InChI is InChI=1S/C19H21N3O4S/c1-25-12-5-6-16(26-2)13(10-12)15-4-3-7-21(15)17(23)14-11-20-19-22(18(14)24)8-9-27-19/h5-6,10-11,15H,3-4,7-9H2,1-2H3/t15-/m1/s1. The summed E-state index contributed by atoms with van der Waals surface area (Å²) in [6.07, 6.45) is 3.10. The molecule has 0 bridgehead atoms. The van der Waals surface area contributed by atoms with Crippen LogP contribution in [0.1, 0.15) is 34.8 Å². The Morgan fingerprint density at radius 1 is 1.26 bits per heavy atom. The lowest BCUT2D eigenvalue weighted by molar-refractivity contribution is 0.0730. The van der Waals surface area contributed by atoms with Gasteiger partial charge in [0.1, 0.15) is 17.1 Å². The summed E-state index contributed by atoms with van der Waals surface area (Å²) < 4.78 is 12.4. The fraction of sp³-hybridized carbons (Fsp3) is 0.421. The third-order valence-electron chi connectivity index (χ3n) is 5.10. The summed E-state index contributed by atoms with van der Waals surface area (Å²) in [5.74, 6) is 1.96. The number of nitrogens with zero attached hydrogens (tertiary/aromatic N) is 3. The lowest BCUT2D eigenvalue weighted by atomic mass is 10.0. The number of hydrogen-bond acceptors (Lipinski definition) is 6. The first-order valence-electron chi connectivity index (χ1n) is 8.89. The second-order valence-electron chi connectivity index (χ2n) is 6.52. The van der Waals surface area contributed by atoms with Crippen molar-refractivity contribution < 1.29 is 14.3 Å². The van der Waals surface area contributed by atoms with Gasteiger partial charge in [-0.2, -0.15) is 0 Å². The SMILES string of the molecule is COc1ccc(OC)c([C@H]2CCCN2C(=O)c2cnc3n(c2=O)CCS3)c1. The Balaban J connectivity index is 1.70. The summed E-state index contributed by atoms with van der Waals surface area (Å²) in [6.45, 7) is 1.19. The highest BCUT2D eigenvalue weighted by Crippen LogP contribution is 2.39. The van der Waals surface area contributed by atoms with Crippen molar-refractivity contribution in [3.05, 3.63) is 45.9 Å².